The second-order valence-corrected chi connectivity index (χ2v) is 16.8. The second kappa shape index (κ2) is 22.8. The van der Waals surface area contributed by atoms with Crippen molar-refractivity contribution >= 4 is 27.9 Å². The standard InChI is InChI=1S/C30H25F3O5.C24H20BrF3O4/c1-19-8-12-25(18-27(19)38-24-13-9-21(20(2)16-24)10-15-29(34)35)37-26-14-11-22(30(31,32)33)17-28(26)36-23-6-4-3-5-7-23;1-14-3-7-19(31-21-9-6-17(12-20(21)25)24(26,27)28)13-22(14)32-18-8-4-16(15(2)11-18)5-10-23(29)30/h3-9,11-14,16-18H,10,15H2,1-2H3,(H,34,35);3-4,6-9,11-13H,5,10H2,1-2H3,(H,29,30). The average Bonchev–Trinajstić information content (AvgIpc) is 3.29. The summed E-state index contributed by atoms with van der Waals surface area (Å²) in [7, 11) is 0. The van der Waals surface area contributed by atoms with Gasteiger partial charge in [-0.3, -0.25) is 9.59 Å². The van der Waals surface area contributed by atoms with Crippen LogP contribution in [0.3, 0.4) is 0 Å². The van der Waals surface area contributed by atoms with Gasteiger partial charge in [0.05, 0.1) is 15.6 Å². The van der Waals surface area contributed by atoms with Gasteiger partial charge < -0.3 is 33.9 Å². The fourth-order valence-corrected chi connectivity index (χ4v) is 7.21. The summed E-state index contributed by atoms with van der Waals surface area (Å²) in [5.41, 5.74) is 3.71. The topological polar surface area (TPSA) is 121 Å². The van der Waals surface area contributed by atoms with Crippen molar-refractivity contribution in [2.24, 2.45) is 0 Å². The third-order valence-electron chi connectivity index (χ3n) is 10.6. The van der Waals surface area contributed by atoms with Crippen molar-refractivity contribution in [3.8, 4) is 57.5 Å². The first kappa shape index (κ1) is 51.9. The SMILES string of the molecule is Cc1cc(Oc2cc(Oc3ccc(C(F)(F)F)cc3Br)ccc2C)ccc1CCC(=O)O.Cc1cc(Oc2cc(Oc3ccc(C(F)(F)F)cc3Oc3ccccc3)ccc2C)ccc1CCC(=O)O. The number of carboxylic acid groups (broad SMARTS) is 2. The summed E-state index contributed by atoms with van der Waals surface area (Å²) in [6, 6.07) is 35.8. The summed E-state index contributed by atoms with van der Waals surface area (Å²) < 4.78 is 108. The molecule has 7 aromatic rings. The zero-order valence-electron chi connectivity index (χ0n) is 38.0. The molecule has 0 bridgehead atoms. The average molecular weight is 1030 g/mol. The predicted octanol–water partition coefficient (Wildman–Crippen LogP) is 16.4. The maximum atomic E-state index is 13.4. The van der Waals surface area contributed by atoms with E-state index in [-0.39, 0.29) is 34.6 Å². The summed E-state index contributed by atoms with van der Waals surface area (Å²) in [6.07, 6.45) is -8.03. The lowest BCUT2D eigenvalue weighted by molar-refractivity contribution is -0.138. The van der Waals surface area contributed by atoms with Gasteiger partial charge in [0.1, 0.15) is 46.0 Å². The molecule has 0 radical (unpaired) electrons. The highest BCUT2D eigenvalue weighted by Gasteiger charge is 2.32. The minimum atomic E-state index is -4.54. The van der Waals surface area contributed by atoms with Gasteiger partial charge in [-0.05, 0) is 175 Å². The van der Waals surface area contributed by atoms with Crippen LogP contribution in [0.1, 0.15) is 57.3 Å². The maximum absolute atomic E-state index is 13.4. The molecule has 0 saturated heterocycles. The number of aliphatic carboxylic acids is 2. The Bertz CT molecular complexity index is 2970. The number of hydrogen-bond donors (Lipinski definition) is 2. The normalized spacial score (nSPS) is 11.2. The number of para-hydroxylation sites is 1. The minimum absolute atomic E-state index is 0.0411. The van der Waals surface area contributed by atoms with E-state index in [0.29, 0.717) is 53.1 Å². The van der Waals surface area contributed by atoms with Crippen LogP contribution in [0, 0.1) is 27.7 Å². The van der Waals surface area contributed by atoms with Crippen LogP contribution in [0.15, 0.2) is 144 Å². The number of aryl methyl sites for hydroxylation is 6. The lowest BCUT2D eigenvalue weighted by Gasteiger charge is -2.16. The van der Waals surface area contributed by atoms with Crippen LogP contribution < -0.4 is 23.7 Å². The summed E-state index contributed by atoms with van der Waals surface area (Å²) >= 11 is 3.13. The van der Waals surface area contributed by atoms with Crippen molar-refractivity contribution in [2.75, 3.05) is 0 Å². The zero-order valence-corrected chi connectivity index (χ0v) is 39.6. The molecule has 0 atom stereocenters. The highest BCUT2D eigenvalue weighted by atomic mass is 79.9. The van der Waals surface area contributed by atoms with Gasteiger partial charge in [-0.25, -0.2) is 0 Å². The van der Waals surface area contributed by atoms with E-state index in [2.05, 4.69) is 15.9 Å². The summed E-state index contributed by atoms with van der Waals surface area (Å²) in [5.74, 6) is 1.84. The Morgan fingerprint density at radius 3 is 1.27 bits per heavy atom. The Morgan fingerprint density at radius 2 is 0.829 bits per heavy atom. The molecule has 0 aliphatic heterocycles. The van der Waals surface area contributed by atoms with Gasteiger partial charge in [0, 0.05) is 25.0 Å². The first-order chi connectivity index (χ1) is 33.1. The third-order valence-corrected chi connectivity index (χ3v) is 11.2. The molecule has 0 spiro atoms. The molecule has 0 aliphatic rings. The van der Waals surface area contributed by atoms with Crippen LogP contribution in [0.25, 0.3) is 0 Å². The van der Waals surface area contributed by atoms with Crippen molar-refractivity contribution in [2.45, 2.75) is 65.7 Å². The van der Waals surface area contributed by atoms with Crippen molar-refractivity contribution < 1.29 is 69.8 Å². The third kappa shape index (κ3) is 14.8. The molecule has 0 aromatic heterocycles. The number of hydrogen-bond acceptors (Lipinski definition) is 7. The monoisotopic (exact) mass is 1030 g/mol. The van der Waals surface area contributed by atoms with E-state index in [1.54, 1.807) is 78.9 Å². The predicted molar refractivity (Wildman–Crippen MR) is 254 cm³/mol. The molecule has 0 amide bonds. The number of carboxylic acids is 2. The quantitative estimate of drug-likeness (QED) is 0.0912. The Hall–Kier alpha value is -7.46. The molecular weight excluding hydrogens is 986 g/mol. The molecule has 0 fully saturated rings. The number of benzene rings is 7. The molecule has 0 heterocycles. The van der Waals surface area contributed by atoms with Crippen LogP contribution in [-0.4, -0.2) is 22.2 Å². The molecule has 16 heteroatoms. The van der Waals surface area contributed by atoms with Crippen LogP contribution in [-0.2, 0) is 34.8 Å². The molecule has 2 N–H and O–H groups in total. The van der Waals surface area contributed by atoms with E-state index in [1.807, 2.05) is 52.0 Å². The van der Waals surface area contributed by atoms with E-state index in [4.69, 9.17) is 33.9 Å². The molecule has 0 saturated carbocycles. The van der Waals surface area contributed by atoms with Gasteiger partial charge in [-0.1, -0.05) is 42.5 Å². The molecule has 0 aliphatic carbocycles. The van der Waals surface area contributed by atoms with E-state index in [1.165, 1.54) is 12.1 Å². The van der Waals surface area contributed by atoms with Gasteiger partial charge in [-0.15, -0.1) is 0 Å². The fraction of sp³-hybridized carbons (Fsp3) is 0.185. The second-order valence-electron chi connectivity index (χ2n) is 15.9. The van der Waals surface area contributed by atoms with Crippen molar-refractivity contribution in [3.63, 3.8) is 0 Å². The van der Waals surface area contributed by atoms with Gasteiger partial charge >= 0.3 is 24.3 Å². The summed E-state index contributed by atoms with van der Waals surface area (Å²) in [6.45, 7) is 7.49. The van der Waals surface area contributed by atoms with Crippen molar-refractivity contribution in [1.82, 2.24) is 0 Å². The first-order valence-electron chi connectivity index (χ1n) is 21.5. The smallest absolute Gasteiger partial charge is 0.416 e. The van der Waals surface area contributed by atoms with E-state index < -0.39 is 35.4 Å². The van der Waals surface area contributed by atoms with Crippen LogP contribution in [0.5, 0.6) is 57.5 Å². The molecule has 0 unspecified atom stereocenters. The summed E-state index contributed by atoms with van der Waals surface area (Å²) in [4.78, 5) is 21.7. The van der Waals surface area contributed by atoms with Gasteiger partial charge in [-0.2, -0.15) is 26.3 Å². The molecule has 9 nitrogen and oxygen atoms in total. The van der Waals surface area contributed by atoms with Crippen molar-refractivity contribution in [1.29, 1.82) is 0 Å². The lowest BCUT2D eigenvalue weighted by Crippen LogP contribution is -2.05. The molecule has 70 heavy (non-hydrogen) atoms. The highest BCUT2D eigenvalue weighted by Crippen LogP contribution is 2.42. The molecular formula is C54H45BrF6O9. The van der Waals surface area contributed by atoms with Gasteiger partial charge in [0.2, 0.25) is 0 Å². The zero-order chi connectivity index (χ0) is 50.8. The number of ether oxygens (including phenoxy) is 5. The number of halogens is 7. The van der Waals surface area contributed by atoms with Crippen LogP contribution in [0.2, 0.25) is 0 Å². The molecule has 7 rings (SSSR count). The number of carbonyl (C=O) groups is 2. The Balaban J connectivity index is 0.000000233. The number of alkyl halides is 6. The molecule has 364 valence electrons. The lowest BCUT2D eigenvalue weighted by atomic mass is 10.0. The Morgan fingerprint density at radius 1 is 0.429 bits per heavy atom. The van der Waals surface area contributed by atoms with E-state index in [9.17, 15) is 35.9 Å². The number of rotatable bonds is 16. The summed E-state index contributed by atoms with van der Waals surface area (Å²) in [5, 5.41) is 17.8. The highest BCUT2D eigenvalue weighted by molar-refractivity contribution is 9.10. The van der Waals surface area contributed by atoms with Crippen LogP contribution in [0.4, 0.5) is 26.3 Å². The van der Waals surface area contributed by atoms with Crippen molar-refractivity contribution in [3.05, 3.63) is 189 Å². The Kier molecular flexibility index (Phi) is 16.9. The van der Waals surface area contributed by atoms with Crippen LogP contribution >= 0.6 is 15.9 Å². The van der Waals surface area contributed by atoms with Gasteiger partial charge in [0.15, 0.2) is 11.5 Å². The Labute approximate surface area is 407 Å². The minimum Gasteiger partial charge on any atom is -0.481 e. The molecule has 7 aromatic carbocycles. The van der Waals surface area contributed by atoms with Gasteiger partial charge in [0.25, 0.3) is 0 Å². The first-order valence-corrected chi connectivity index (χ1v) is 22.3. The van der Waals surface area contributed by atoms with E-state index in [0.717, 1.165) is 57.6 Å². The maximum Gasteiger partial charge on any atom is 0.416 e. The van der Waals surface area contributed by atoms with E-state index >= 15 is 0 Å². The fourth-order valence-electron chi connectivity index (χ4n) is 6.75. The largest absolute Gasteiger partial charge is 0.481 e.